The highest BCUT2D eigenvalue weighted by atomic mass is 35.5. The summed E-state index contributed by atoms with van der Waals surface area (Å²) in [6.07, 6.45) is -2.21. The lowest BCUT2D eigenvalue weighted by Gasteiger charge is -2.18. The fourth-order valence-electron chi connectivity index (χ4n) is 2.68. The Morgan fingerprint density at radius 1 is 1.28 bits per heavy atom. The van der Waals surface area contributed by atoms with Crippen LogP contribution >= 0.6 is 11.6 Å². The topological polar surface area (TPSA) is 126 Å². The average Bonchev–Trinajstić information content (AvgIpc) is 3.02. The summed E-state index contributed by atoms with van der Waals surface area (Å²) < 4.78 is 6.94. The summed E-state index contributed by atoms with van der Waals surface area (Å²) in [4.78, 5) is 12.7. The molecule has 1 aliphatic rings. The van der Waals surface area contributed by atoms with E-state index in [0.29, 0.717) is 17.0 Å². The molecule has 4 N–H and O–H groups in total. The molecule has 0 radical (unpaired) electrons. The summed E-state index contributed by atoms with van der Waals surface area (Å²) in [5, 5.41) is 32.8. The molecule has 11 heteroatoms. The van der Waals surface area contributed by atoms with Gasteiger partial charge in [-0.05, 0) is 11.6 Å². The first-order chi connectivity index (χ1) is 11.7. The minimum atomic E-state index is -1.36. The minimum Gasteiger partial charge on any atom is -0.394 e. The Balaban J connectivity index is 1.99. The second-order valence-electron chi connectivity index (χ2n) is 7.29. The van der Waals surface area contributed by atoms with E-state index < -0.39 is 39.2 Å². The number of halogens is 1. The molecule has 0 aliphatic carbocycles. The SMILES string of the molecule is C[Si](C)(C)CNc1ncnc2c1nc(Cl)n2[C@@H]1O[C@H](CO)[C@@H](O)[C@H]1O. The molecule has 1 saturated heterocycles. The Kier molecular flexibility index (Phi) is 5.01. The number of ether oxygens (including phenoxy) is 1. The molecule has 0 amide bonds. The number of nitrogens with zero attached hydrogens (tertiary/aromatic N) is 4. The van der Waals surface area contributed by atoms with Gasteiger partial charge in [0.15, 0.2) is 23.2 Å². The second-order valence-corrected chi connectivity index (χ2v) is 13.1. The smallest absolute Gasteiger partial charge is 0.207 e. The number of fused-ring (bicyclic) bond motifs is 1. The van der Waals surface area contributed by atoms with Gasteiger partial charge in [-0.2, -0.15) is 0 Å². The van der Waals surface area contributed by atoms with Crippen molar-refractivity contribution in [2.24, 2.45) is 0 Å². The van der Waals surface area contributed by atoms with Crippen molar-refractivity contribution in [3.63, 3.8) is 0 Å². The van der Waals surface area contributed by atoms with Crippen LogP contribution < -0.4 is 5.32 Å². The van der Waals surface area contributed by atoms with Gasteiger partial charge >= 0.3 is 0 Å². The molecule has 0 unspecified atom stereocenters. The maximum absolute atomic E-state index is 10.2. The van der Waals surface area contributed by atoms with Crippen LogP contribution in [-0.4, -0.2) is 74.0 Å². The van der Waals surface area contributed by atoms with Crippen molar-refractivity contribution in [3.05, 3.63) is 11.6 Å². The molecule has 0 saturated carbocycles. The van der Waals surface area contributed by atoms with E-state index in [1.54, 1.807) is 0 Å². The summed E-state index contributed by atoms with van der Waals surface area (Å²) in [5.74, 6) is 0.555. The number of aromatic nitrogens is 4. The van der Waals surface area contributed by atoms with Gasteiger partial charge in [-0.3, -0.25) is 4.57 Å². The van der Waals surface area contributed by atoms with E-state index in [4.69, 9.17) is 16.3 Å². The molecule has 2 aromatic rings. The largest absolute Gasteiger partial charge is 0.394 e. The van der Waals surface area contributed by atoms with Crippen LogP contribution in [0.2, 0.25) is 24.9 Å². The highest BCUT2D eigenvalue weighted by Gasteiger charge is 2.44. The van der Waals surface area contributed by atoms with Crippen LogP contribution in [0.15, 0.2) is 6.33 Å². The molecule has 2 aromatic heterocycles. The van der Waals surface area contributed by atoms with Crippen LogP contribution in [0.3, 0.4) is 0 Å². The Labute approximate surface area is 150 Å². The van der Waals surface area contributed by atoms with Crippen molar-refractivity contribution in [2.75, 3.05) is 18.1 Å². The van der Waals surface area contributed by atoms with Gasteiger partial charge in [0.2, 0.25) is 5.28 Å². The Bertz CT molecular complexity index is 767. The quantitative estimate of drug-likeness (QED) is 0.428. The number of hydrogen-bond acceptors (Lipinski definition) is 8. The fourth-order valence-corrected chi connectivity index (χ4v) is 3.64. The lowest BCUT2D eigenvalue weighted by Crippen LogP contribution is -2.33. The highest BCUT2D eigenvalue weighted by molar-refractivity contribution is 6.76. The van der Waals surface area contributed by atoms with Crippen molar-refractivity contribution >= 4 is 36.7 Å². The molecule has 25 heavy (non-hydrogen) atoms. The zero-order valence-electron chi connectivity index (χ0n) is 14.2. The summed E-state index contributed by atoms with van der Waals surface area (Å²) in [6.45, 7) is 6.26. The van der Waals surface area contributed by atoms with Gasteiger partial charge in [0, 0.05) is 6.17 Å². The third-order valence-electron chi connectivity index (χ3n) is 3.99. The van der Waals surface area contributed by atoms with Gasteiger partial charge in [0.25, 0.3) is 0 Å². The summed E-state index contributed by atoms with van der Waals surface area (Å²) in [7, 11) is -1.36. The van der Waals surface area contributed by atoms with Crippen LogP contribution in [0.5, 0.6) is 0 Å². The molecular formula is C14H22ClN5O4Si. The van der Waals surface area contributed by atoms with Crippen molar-refractivity contribution in [3.8, 4) is 0 Å². The van der Waals surface area contributed by atoms with Crippen molar-refractivity contribution < 1.29 is 20.1 Å². The zero-order chi connectivity index (χ0) is 18.4. The van der Waals surface area contributed by atoms with Crippen molar-refractivity contribution in [1.29, 1.82) is 0 Å². The molecule has 0 spiro atoms. The number of imidazole rings is 1. The minimum absolute atomic E-state index is 0.0568. The number of nitrogens with one attached hydrogen (secondary N) is 1. The molecule has 1 fully saturated rings. The van der Waals surface area contributed by atoms with Crippen LogP contribution in [0.4, 0.5) is 5.82 Å². The monoisotopic (exact) mass is 387 g/mol. The lowest BCUT2D eigenvalue weighted by atomic mass is 10.1. The van der Waals surface area contributed by atoms with Gasteiger partial charge < -0.3 is 25.4 Å². The highest BCUT2D eigenvalue weighted by Crippen LogP contribution is 2.35. The summed E-state index contributed by atoms with van der Waals surface area (Å²) in [5.41, 5.74) is 0.844. The predicted molar refractivity (Wildman–Crippen MR) is 95.2 cm³/mol. The van der Waals surface area contributed by atoms with Crippen LogP contribution in [-0.2, 0) is 4.74 Å². The normalized spacial score (nSPS) is 27.2. The van der Waals surface area contributed by atoms with Gasteiger partial charge in [0.05, 0.1) is 14.7 Å². The first-order valence-electron chi connectivity index (χ1n) is 7.97. The molecule has 9 nitrogen and oxygen atoms in total. The van der Waals surface area contributed by atoms with Crippen LogP contribution in [0, 0.1) is 0 Å². The zero-order valence-corrected chi connectivity index (χ0v) is 16.0. The maximum Gasteiger partial charge on any atom is 0.207 e. The van der Waals surface area contributed by atoms with E-state index in [-0.39, 0.29) is 5.28 Å². The Morgan fingerprint density at radius 2 is 2.00 bits per heavy atom. The number of hydrogen-bond donors (Lipinski definition) is 4. The molecule has 1 aliphatic heterocycles. The molecule has 4 atom stereocenters. The van der Waals surface area contributed by atoms with E-state index in [2.05, 4.69) is 39.9 Å². The van der Waals surface area contributed by atoms with Gasteiger partial charge in [-0.25, -0.2) is 15.0 Å². The summed E-state index contributed by atoms with van der Waals surface area (Å²) in [6, 6.07) is 0. The first kappa shape index (κ1) is 18.5. The Hall–Kier alpha value is -1.30. The van der Waals surface area contributed by atoms with Crippen LogP contribution in [0.1, 0.15) is 6.23 Å². The molecule has 0 bridgehead atoms. The van der Waals surface area contributed by atoms with E-state index in [0.717, 1.165) is 6.17 Å². The lowest BCUT2D eigenvalue weighted by molar-refractivity contribution is -0.0509. The van der Waals surface area contributed by atoms with Gasteiger partial charge in [-0.15, -0.1) is 0 Å². The second kappa shape index (κ2) is 6.78. The van der Waals surface area contributed by atoms with Crippen LogP contribution in [0.25, 0.3) is 11.2 Å². The van der Waals surface area contributed by atoms with E-state index in [9.17, 15) is 15.3 Å². The standard InChI is InChI=1S/C14H22ClN5O4Si/c1-25(2,3)6-18-11-8-12(17-5-16-11)20(14(15)19-8)13-10(23)9(22)7(4-21)24-13/h5,7,9-10,13,21-23H,4,6H2,1-3H3,(H,16,17,18)/t7-,9-,10-,13-/m1/s1. The van der Waals surface area contributed by atoms with Gasteiger partial charge in [-0.1, -0.05) is 19.6 Å². The summed E-state index contributed by atoms with van der Waals surface area (Å²) >= 11 is 6.24. The molecule has 3 heterocycles. The van der Waals surface area contributed by atoms with Gasteiger partial charge in [0.1, 0.15) is 24.6 Å². The maximum atomic E-state index is 10.2. The third kappa shape index (κ3) is 3.50. The number of anilines is 1. The fraction of sp³-hybridized carbons (Fsp3) is 0.643. The number of rotatable bonds is 5. The number of aliphatic hydroxyl groups is 3. The molecule has 138 valence electrons. The number of aliphatic hydroxyl groups excluding tert-OH is 3. The predicted octanol–water partition coefficient (Wildman–Crippen LogP) is 0.380. The van der Waals surface area contributed by atoms with Crippen molar-refractivity contribution in [1.82, 2.24) is 19.5 Å². The molecule has 3 rings (SSSR count). The van der Waals surface area contributed by atoms with Crippen molar-refractivity contribution in [2.45, 2.75) is 44.2 Å². The van der Waals surface area contributed by atoms with E-state index in [1.165, 1.54) is 10.9 Å². The third-order valence-corrected chi connectivity index (χ3v) is 5.50. The van der Waals surface area contributed by atoms with E-state index >= 15 is 0 Å². The average molecular weight is 388 g/mol. The molecule has 0 aromatic carbocycles. The first-order valence-corrected chi connectivity index (χ1v) is 12.1. The molecular weight excluding hydrogens is 366 g/mol. The Morgan fingerprint density at radius 3 is 2.60 bits per heavy atom. The van der Waals surface area contributed by atoms with E-state index in [1.807, 2.05) is 0 Å².